The second-order valence-corrected chi connectivity index (χ2v) is 6.44. The molecule has 0 aliphatic carbocycles. The van der Waals surface area contributed by atoms with Crippen molar-refractivity contribution in [1.29, 1.82) is 0 Å². The number of amides is 1. The van der Waals surface area contributed by atoms with Crippen LogP contribution in [-0.4, -0.2) is 30.1 Å². The molecule has 0 aliphatic heterocycles. The third-order valence-corrected chi connectivity index (χ3v) is 4.61. The summed E-state index contributed by atoms with van der Waals surface area (Å²) < 4.78 is 16.3. The number of aromatic nitrogens is 2. The van der Waals surface area contributed by atoms with Crippen molar-refractivity contribution in [1.82, 2.24) is 9.97 Å². The quantitative estimate of drug-likeness (QED) is 0.509. The number of pyridine rings is 1. The molecule has 0 unspecified atom stereocenters. The van der Waals surface area contributed by atoms with Gasteiger partial charge >= 0.3 is 0 Å². The number of halogens is 1. The van der Waals surface area contributed by atoms with Crippen LogP contribution < -0.4 is 14.8 Å². The minimum absolute atomic E-state index is 0.269. The van der Waals surface area contributed by atoms with Gasteiger partial charge in [-0.05, 0) is 42.5 Å². The summed E-state index contributed by atoms with van der Waals surface area (Å²) in [4.78, 5) is 21.5. The molecule has 4 rings (SSSR count). The van der Waals surface area contributed by atoms with E-state index < -0.39 is 5.91 Å². The van der Waals surface area contributed by atoms with E-state index in [0.717, 1.165) is 0 Å². The molecule has 8 heteroatoms. The van der Waals surface area contributed by atoms with Crippen LogP contribution in [0.3, 0.4) is 0 Å². The number of nitrogens with zero attached hydrogens (tertiary/aromatic N) is 2. The summed E-state index contributed by atoms with van der Waals surface area (Å²) in [6.07, 6.45) is 1.64. The zero-order valence-electron chi connectivity index (χ0n) is 15.6. The molecule has 29 heavy (non-hydrogen) atoms. The number of benzene rings is 2. The zero-order chi connectivity index (χ0) is 20.4. The minimum atomic E-state index is -0.419. The van der Waals surface area contributed by atoms with Crippen molar-refractivity contribution in [2.24, 2.45) is 0 Å². The Bertz CT molecular complexity index is 1150. The lowest BCUT2D eigenvalue weighted by atomic mass is 10.1. The molecule has 4 aromatic rings. The van der Waals surface area contributed by atoms with Gasteiger partial charge in [-0.2, -0.15) is 4.98 Å². The lowest BCUT2D eigenvalue weighted by Gasteiger charge is -2.14. The molecule has 146 valence electrons. The number of anilines is 1. The molecule has 1 amide bonds. The van der Waals surface area contributed by atoms with Crippen molar-refractivity contribution >= 4 is 34.4 Å². The maximum atomic E-state index is 12.9. The number of carbonyl (C=O) groups is 1. The monoisotopic (exact) mass is 409 g/mol. The van der Waals surface area contributed by atoms with E-state index in [4.69, 9.17) is 25.5 Å². The lowest BCUT2D eigenvalue weighted by Crippen LogP contribution is -2.15. The number of methoxy groups -OCH3 is 2. The molecule has 0 fully saturated rings. The maximum Gasteiger partial charge on any atom is 0.263 e. The summed E-state index contributed by atoms with van der Waals surface area (Å²) in [5, 5.41) is 3.17. The van der Waals surface area contributed by atoms with E-state index in [2.05, 4.69) is 15.3 Å². The normalized spacial score (nSPS) is 10.7. The van der Waals surface area contributed by atoms with Crippen molar-refractivity contribution in [3.63, 3.8) is 0 Å². The van der Waals surface area contributed by atoms with E-state index in [1.54, 1.807) is 54.7 Å². The van der Waals surface area contributed by atoms with Gasteiger partial charge in [-0.1, -0.05) is 17.7 Å². The smallest absolute Gasteiger partial charge is 0.263 e. The molecular formula is C21H16ClN3O4. The first-order valence-corrected chi connectivity index (χ1v) is 9.02. The molecule has 0 aliphatic rings. The van der Waals surface area contributed by atoms with Gasteiger partial charge in [-0.15, -0.1) is 0 Å². The largest absolute Gasteiger partial charge is 0.496 e. The average Bonchev–Trinajstić information content (AvgIpc) is 3.18. The minimum Gasteiger partial charge on any atom is -0.496 e. The van der Waals surface area contributed by atoms with Crippen LogP contribution in [-0.2, 0) is 0 Å². The third kappa shape index (κ3) is 3.60. The fraction of sp³-hybridized carbons (Fsp3) is 0.0952. The van der Waals surface area contributed by atoms with Crippen molar-refractivity contribution in [2.45, 2.75) is 0 Å². The van der Waals surface area contributed by atoms with Gasteiger partial charge in [0.15, 0.2) is 11.2 Å². The van der Waals surface area contributed by atoms with E-state index in [0.29, 0.717) is 44.9 Å². The first-order valence-electron chi connectivity index (χ1n) is 8.64. The van der Waals surface area contributed by atoms with E-state index in [1.165, 1.54) is 14.2 Å². The molecule has 0 spiro atoms. The number of hydrogen-bond donors (Lipinski definition) is 1. The van der Waals surface area contributed by atoms with Crippen molar-refractivity contribution in [3.05, 3.63) is 65.3 Å². The highest BCUT2D eigenvalue weighted by Crippen LogP contribution is 2.33. The number of rotatable bonds is 5. The summed E-state index contributed by atoms with van der Waals surface area (Å²) >= 11 is 6.30. The second kappa shape index (κ2) is 7.81. The van der Waals surface area contributed by atoms with Gasteiger partial charge in [-0.3, -0.25) is 4.79 Å². The maximum absolute atomic E-state index is 12.9. The predicted molar refractivity (Wildman–Crippen MR) is 110 cm³/mol. The van der Waals surface area contributed by atoms with Gasteiger partial charge in [-0.25, -0.2) is 4.98 Å². The predicted octanol–water partition coefficient (Wildman–Crippen LogP) is 4.81. The molecule has 0 bridgehead atoms. The number of ether oxygens (including phenoxy) is 2. The van der Waals surface area contributed by atoms with E-state index in [1.807, 2.05) is 0 Å². The van der Waals surface area contributed by atoms with Crippen molar-refractivity contribution < 1.29 is 18.7 Å². The Morgan fingerprint density at radius 1 is 1.07 bits per heavy atom. The molecule has 0 radical (unpaired) electrons. The molecule has 2 heterocycles. The molecular weight excluding hydrogens is 394 g/mol. The van der Waals surface area contributed by atoms with E-state index >= 15 is 0 Å². The Hall–Kier alpha value is -3.58. The fourth-order valence-corrected chi connectivity index (χ4v) is 3.07. The first-order chi connectivity index (χ1) is 14.1. The Balaban J connectivity index is 1.69. The molecule has 1 N–H and O–H groups in total. The highest BCUT2D eigenvalue weighted by molar-refractivity contribution is 6.34. The van der Waals surface area contributed by atoms with Gasteiger partial charge in [0.1, 0.15) is 17.1 Å². The summed E-state index contributed by atoms with van der Waals surface area (Å²) in [6, 6.07) is 13.8. The van der Waals surface area contributed by atoms with Crippen LogP contribution in [0.1, 0.15) is 10.4 Å². The van der Waals surface area contributed by atoms with Crippen LogP contribution in [0.15, 0.2) is 59.1 Å². The fourth-order valence-electron chi connectivity index (χ4n) is 2.91. The summed E-state index contributed by atoms with van der Waals surface area (Å²) in [5.74, 6) is 0.733. The Morgan fingerprint density at radius 3 is 2.52 bits per heavy atom. The summed E-state index contributed by atoms with van der Waals surface area (Å²) in [5.41, 5.74) is 2.39. The Morgan fingerprint density at radius 2 is 1.83 bits per heavy atom. The molecule has 0 atom stereocenters. The standard InChI is InChI=1S/C21H16ClN3O4/c1-27-15-5-3-6-16(28-2)18(15)20(26)24-14-11-12(8-9-13(14)22)21-25-19-17(29-21)7-4-10-23-19/h3-11H,1-2H3,(H,24,26). The van der Waals surface area contributed by atoms with Crippen LogP contribution in [0.25, 0.3) is 22.7 Å². The van der Waals surface area contributed by atoms with Crippen LogP contribution in [0.5, 0.6) is 11.5 Å². The van der Waals surface area contributed by atoms with Gasteiger partial charge in [0, 0.05) is 11.8 Å². The molecule has 0 saturated heterocycles. The zero-order valence-corrected chi connectivity index (χ0v) is 16.4. The average molecular weight is 410 g/mol. The van der Waals surface area contributed by atoms with E-state index in [-0.39, 0.29) is 5.56 Å². The van der Waals surface area contributed by atoms with Gasteiger partial charge < -0.3 is 19.2 Å². The molecule has 0 saturated carbocycles. The van der Waals surface area contributed by atoms with Gasteiger partial charge in [0.05, 0.1) is 24.9 Å². The van der Waals surface area contributed by atoms with Crippen molar-refractivity contribution in [2.75, 3.05) is 19.5 Å². The van der Waals surface area contributed by atoms with Crippen LogP contribution in [0.4, 0.5) is 5.69 Å². The summed E-state index contributed by atoms with van der Waals surface area (Å²) in [6.45, 7) is 0. The van der Waals surface area contributed by atoms with E-state index in [9.17, 15) is 4.79 Å². The Kier molecular flexibility index (Phi) is 5.05. The summed E-state index contributed by atoms with van der Waals surface area (Å²) in [7, 11) is 2.97. The van der Waals surface area contributed by atoms with Gasteiger partial charge in [0.25, 0.3) is 5.91 Å². The second-order valence-electron chi connectivity index (χ2n) is 6.03. The lowest BCUT2D eigenvalue weighted by molar-refractivity contribution is 0.102. The number of carbonyl (C=O) groups excluding carboxylic acids is 1. The first kappa shape index (κ1) is 18.8. The number of fused-ring (bicyclic) bond motifs is 1. The third-order valence-electron chi connectivity index (χ3n) is 4.28. The van der Waals surface area contributed by atoms with Crippen molar-refractivity contribution in [3.8, 4) is 23.0 Å². The number of hydrogen-bond acceptors (Lipinski definition) is 6. The SMILES string of the molecule is COc1cccc(OC)c1C(=O)Nc1cc(-c2nc3ncccc3o2)ccc1Cl. The van der Waals surface area contributed by atoms with Crippen LogP contribution in [0, 0.1) is 0 Å². The number of nitrogens with one attached hydrogen (secondary N) is 1. The van der Waals surface area contributed by atoms with Crippen LogP contribution in [0.2, 0.25) is 5.02 Å². The highest BCUT2D eigenvalue weighted by atomic mass is 35.5. The molecule has 2 aromatic carbocycles. The highest BCUT2D eigenvalue weighted by Gasteiger charge is 2.20. The Labute approximate surface area is 171 Å². The van der Waals surface area contributed by atoms with Crippen LogP contribution >= 0.6 is 11.6 Å². The molecule has 7 nitrogen and oxygen atoms in total. The van der Waals surface area contributed by atoms with Gasteiger partial charge in [0.2, 0.25) is 5.89 Å². The number of oxazole rings is 1. The topological polar surface area (TPSA) is 86.5 Å². The molecule has 2 aromatic heterocycles.